The zero-order valence-electron chi connectivity index (χ0n) is 10.5. The van der Waals surface area contributed by atoms with E-state index in [-0.39, 0.29) is 24.4 Å². The summed E-state index contributed by atoms with van der Waals surface area (Å²) in [7, 11) is 0. The summed E-state index contributed by atoms with van der Waals surface area (Å²) in [6.45, 7) is 3.72. The van der Waals surface area contributed by atoms with Gasteiger partial charge in [-0.3, -0.25) is 9.59 Å². The van der Waals surface area contributed by atoms with Gasteiger partial charge in [-0.25, -0.2) is 0 Å². The van der Waals surface area contributed by atoms with Gasteiger partial charge in [-0.2, -0.15) is 11.8 Å². The number of carbonyl (C=O) groups excluding carboxylic acids is 1. The van der Waals surface area contributed by atoms with Gasteiger partial charge < -0.3 is 10.0 Å². The van der Waals surface area contributed by atoms with Crippen molar-refractivity contribution in [2.24, 2.45) is 5.92 Å². The van der Waals surface area contributed by atoms with E-state index in [0.717, 1.165) is 30.8 Å². The van der Waals surface area contributed by atoms with Crippen LogP contribution in [0.5, 0.6) is 0 Å². The van der Waals surface area contributed by atoms with E-state index in [4.69, 9.17) is 5.11 Å². The Kier molecular flexibility index (Phi) is 5.82. The normalized spacial score (nSPS) is 18.7. The lowest BCUT2D eigenvalue weighted by Crippen LogP contribution is -2.45. The van der Waals surface area contributed by atoms with Crippen molar-refractivity contribution in [1.82, 2.24) is 4.90 Å². The van der Waals surface area contributed by atoms with Crippen LogP contribution >= 0.6 is 11.8 Å². The summed E-state index contributed by atoms with van der Waals surface area (Å²) in [6.07, 6.45) is 2.56. The van der Waals surface area contributed by atoms with E-state index >= 15 is 0 Å². The van der Waals surface area contributed by atoms with E-state index < -0.39 is 5.97 Å². The Labute approximate surface area is 107 Å². The highest BCUT2D eigenvalue weighted by Crippen LogP contribution is 2.25. The molecular formula is C12H21NO3S. The zero-order chi connectivity index (χ0) is 12.8. The minimum Gasteiger partial charge on any atom is -0.480 e. The minimum absolute atomic E-state index is 0.00757. The third-order valence-electron chi connectivity index (χ3n) is 3.28. The van der Waals surface area contributed by atoms with Crippen LogP contribution in [0.15, 0.2) is 0 Å². The second-order valence-electron chi connectivity index (χ2n) is 4.50. The molecule has 1 N–H and O–H groups in total. The zero-order valence-corrected chi connectivity index (χ0v) is 11.3. The van der Waals surface area contributed by atoms with Gasteiger partial charge in [0.2, 0.25) is 5.91 Å². The summed E-state index contributed by atoms with van der Waals surface area (Å²) in [6, 6.07) is 0.00757. The molecule has 98 valence electrons. The fraction of sp³-hybridized carbons (Fsp3) is 0.833. The number of nitrogens with zero attached hydrogens (tertiary/aromatic N) is 1. The van der Waals surface area contributed by atoms with Crippen molar-refractivity contribution >= 4 is 23.6 Å². The minimum atomic E-state index is -0.927. The molecule has 0 aromatic rings. The molecular weight excluding hydrogens is 238 g/mol. The first-order valence-corrected chi connectivity index (χ1v) is 7.31. The number of rotatable bonds is 5. The van der Waals surface area contributed by atoms with E-state index in [0.29, 0.717) is 0 Å². The molecule has 5 heteroatoms. The van der Waals surface area contributed by atoms with Crippen molar-refractivity contribution in [3.05, 3.63) is 0 Å². The summed E-state index contributed by atoms with van der Waals surface area (Å²) < 4.78 is 0. The smallest absolute Gasteiger partial charge is 0.323 e. The van der Waals surface area contributed by atoms with Crippen molar-refractivity contribution in [2.75, 3.05) is 18.1 Å². The van der Waals surface area contributed by atoms with E-state index in [1.807, 2.05) is 25.6 Å². The number of carbonyl (C=O) groups is 2. The van der Waals surface area contributed by atoms with Crippen molar-refractivity contribution in [3.8, 4) is 0 Å². The second-order valence-corrected chi connectivity index (χ2v) is 5.73. The lowest BCUT2D eigenvalue weighted by atomic mass is 10.00. The first kappa shape index (κ1) is 14.4. The lowest BCUT2D eigenvalue weighted by molar-refractivity contribution is -0.148. The van der Waals surface area contributed by atoms with Crippen LogP contribution < -0.4 is 0 Å². The largest absolute Gasteiger partial charge is 0.480 e. The van der Waals surface area contributed by atoms with E-state index in [1.165, 1.54) is 4.90 Å². The number of hydrogen-bond acceptors (Lipinski definition) is 3. The predicted molar refractivity (Wildman–Crippen MR) is 69.2 cm³/mol. The maximum atomic E-state index is 12.3. The Bertz CT molecular complexity index is 277. The van der Waals surface area contributed by atoms with Gasteiger partial charge in [0, 0.05) is 12.0 Å². The number of carboxylic acids is 1. The van der Waals surface area contributed by atoms with Gasteiger partial charge in [-0.05, 0) is 37.7 Å². The third-order valence-corrected chi connectivity index (χ3v) is 4.33. The molecule has 1 saturated heterocycles. The van der Waals surface area contributed by atoms with Crippen LogP contribution in [0.1, 0.15) is 33.1 Å². The summed E-state index contributed by atoms with van der Waals surface area (Å²) in [5.74, 6) is 1.16. The van der Waals surface area contributed by atoms with Crippen molar-refractivity contribution in [2.45, 2.75) is 39.2 Å². The average Bonchev–Trinajstić information content (AvgIpc) is 2.35. The summed E-state index contributed by atoms with van der Waals surface area (Å²) in [5.41, 5.74) is 0. The molecule has 1 atom stereocenters. The van der Waals surface area contributed by atoms with Crippen LogP contribution in [0.4, 0.5) is 0 Å². The summed E-state index contributed by atoms with van der Waals surface area (Å²) in [4.78, 5) is 24.6. The molecule has 0 aliphatic carbocycles. The molecule has 1 aliphatic rings. The monoisotopic (exact) mass is 259 g/mol. The second kappa shape index (κ2) is 6.89. The predicted octanol–water partition coefficient (Wildman–Crippen LogP) is 1.84. The Morgan fingerprint density at radius 1 is 1.41 bits per heavy atom. The lowest BCUT2D eigenvalue weighted by Gasteiger charge is -2.32. The molecule has 0 spiro atoms. The average molecular weight is 259 g/mol. The number of thioether (sulfide) groups is 1. The van der Waals surface area contributed by atoms with E-state index in [2.05, 4.69) is 0 Å². The molecule has 0 aromatic carbocycles. The van der Waals surface area contributed by atoms with E-state index in [9.17, 15) is 9.59 Å². The Balaban J connectivity index is 2.66. The highest BCUT2D eigenvalue weighted by molar-refractivity contribution is 7.99. The van der Waals surface area contributed by atoms with Crippen LogP contribution in [0.3, 0.4) is 0 Å². The van der Waals surface area contributed by atoms with Gasteiger partial charge in [0.1, 0.15) is 6.54 Å². The number of hydrogen-bond donors (Lipinski definition) is 1. The first-order valence-electron chi connectivity index (χ1n) is 6.16. The molecule has 4 nitrogen and oxygen atoms in total. The molecule has 1 amide bonds. The molecule has 0 bridgehead atoms. The molecule has 0 aromatic heterocycles. The molecule has 1 rings (SSSR count). The molecule has 1 fully saturated rings. The van der Waals surface area contributed by atoms with Gasteiger partial charge in [-0.1, -0.05) is 6.92 Å². The number of aliphatic carboxylic acids is 1. The van der Waals surface area contributed by atoms with Gasteiger partial charge in [0.15, 0.2) is 0 Å². The Hall–Kier alpha value is -0.710. The SMILES string of the molecule is CCC(C)N(CC(=O)O)C(=O)C1CCSCC1. The highest BCUT2D eigenvalue weighted by Gasteiger charge is 2.29. The van der Waals surface area contributed by atoms with Crippen LogP contribution in [0, 0.1) is 5.92 Å². The van der Waals surface area contributed by atoms with Gasteiger partial charge >= 0.3 is 5.97 Å². The fourth-order valence-corrected chi connectivity index (χ4v) is 3.10. The summed E-state index contributed by atoms with van der Waals surface area (Å²) >= 11 is 1.87. The topological polar surface area (TPSA) is 57.6 Å². The van der Waals surface area contributed by atoms with Gasteiger partial charge in [0.25, 0.3) is 0 Å². The quantitative estimate of drug-likeness (QED) is 0.818. The van der Waals surface area contributed by atoms with Gasteiger partial charge in [-0.15, -0.1) is 0 Å². The third kappa shape index (κ3) is 4.22. The Morgan fingerprint density at radius 3 is 2.47 bits per heavy atom. The van der Waals surface area contributed by atoms with Crippen molar-refractivity contribution in [1.29, 1.82) is 0 Å². The Morgan fingerprint density at radius 2 is 2.00 bits per heavy atom. The number of amides is 1. The fourth-order valence-electron chi connectivity index (χ4n) is 2.00. The molecule has 0 radical (unpaired) electrons. The standard InChI is InChI=1S/C12H21NO3S/c1-3-9(2)13(8-11(14)15)12(16)10-4-6-17-7-5-10/h9-10H,3-8H2,1-2H3,(H,14,15). The first-order chi connectivity index (χ1) is 8.06. The van der Waals surface area contributed by atoms with E-state index in [1.54, 1.807) is 0 Å². The maximum Gasteiger partial charge on any atom is 0.323 e. The van der Waals surface area contributed by atoms with Crippen LogP contribution in [-0.2, 0) is 9.59 Å². The van der Waals surface area contributed by atoms with Crippen molar-refractivity contribution < 1.29 is 14.7 Å². The van der Waals surface area contributed by atoms with Gasteiger partial charge in [0.05, 0.1) is 0 Å². The highest BCUT2D eigenvalue weighted by atomic mass is 32.2. The molecule has 1 aliphatic heterocycles. The van der Waals surface area contributed by atoms with Crippen LogP contribution in [-0.4, -0.2) is 46.0 Å². The maximum absolute atomic E-state index is 12.3. The van der Waals surface area contributed by atoms with Crippen LogP contribution in [0.25, 0.3) is 0 Å². The molecule has 17 heavy (non-hydrogen) atoms. The molecule has 0 saturated carbocycles. The molecule has 1 unspecified atom stereocenters. The molecule has 1 heterocycles. The summed E-state index contributed by atoms with van der Waals surface area (Å²) in [5, 5.41) is 8.88. The van der Waals surface area contributed by atoms with Crippen LogP contribution in [0.2, 0.25) is 0 Å². The number of carboxylic acid groups (broad SMARTS) is 1. The van der Waals surface area contributed by atoms with Crippen molar-refractivity contribution in [3.63, 3.8) is 0 Å².